The Labute approximate surface area is 130 Å². The van der Waals surface area contributed by atoms with Crippen molar-refractivity contribution in [3.8, 4) is 0 Å². The van der Waals surface area contributed by atoms with Gasteiger partial charge in [-0.3, -0.25) is 9.67 Å². The van der Waals surface area contributed by atoms with E-state index in [1.54, 1.807) is 30.1 Å². The molecule has 5 nitrogen and oxygen atoms in total. The Hall–Kier alpha value is -1.79. The van der Waals surface area contributed by atoms with Crippen molar-refractivity contribution >= 4 is 0 Å². The number of rotatable bonds is 6. The van der Waals surface area contributed by atoms with E-state index in [-0.39, 0.29) is 17.8 Å². The van der Waals surface area contributed by atoms with Crippen LogP contribution in [0.25, 0.3) is 0 Å². The molecule has 0 bridgehead atoms. The van der Waals surface area contributed by atoms with E-state index in [0.29, 0.717) is 6.54 Å². The number of nitrogens with zero attached hydrogens (tertiary/aromatic N) is 3. The molecule has 2 aromatic rings. The summed E-state index contributed by atoms with van der Waals surface area (Å²) in [4.78, 5) is 4.14. The lowest BCUT2D eigenvalue weighted by Crippen LogP contribution is -2.39. The van der Waals surface area contributed by atoms with Gasteiger partial charge in [0, 0.05) is 25.4 Å². The summed E-state index contributed by atoms with van der Waals surface area (Å²) in [5.74, 6) is -0.101. The molecule has 22 heavy (non-hydrogen) atoms. The van der Waals surface area contributed by atoms with Crippen LogP contribution >= 0.6 is 0 Å². The molecule has 2 N–H and O–H groups in total. The van der Waals surface area contributed by atoms with Crippen LogP contribution in [-0.2, 0) is 12.6 Å². The summed E-state index contributed by atoms with van der Waals surface area (Å²) in [6.45, 7) is 6.20. The normalized spacial score (nSPS) is 15.8. The van der Waals surface area contributed by atoms with Gasteiger partial charge in [0.1, 0.15) is 11.4 Å². The molecule has 2 rings (SSSR count). The summed E-state index contributed by atoms with van der Waals surface area (Å²) < 4.78 is 14.7. The fraction of sp³-hybridized carbons (Fsp3) is 0.500. The van der Waals surface area contributed by atoms with Crippen LogP contribution in [0.2, 0.25) is 0 Å². The Balaban J connectivity index is 2.10. The number of hydrogen-bond donors (Lipinski definition) is 2. The Bertz CT molecular complexity index is 607. The van der Waals surface area contributed by atoms with E-state index in [0.717, 1.165) is 11.3 Å². The molecular weight excluding hydrogens is 283 g/mol. The molecule has 0 saturated heterocycles. The summed E-state index contributed by atoms with van der Waals surface area (Å²) in [5, 5.41) is 18.0. The van der Waals surface area contributed by atoms with Crippen LogP contribution in [0, 0.1) is 11.7 Å². The van der Waals surface area contributed by atoms with Gasteiger partial charge in [0.15, 0.2) is 0 Å². The zero-order valence-electron chi connectivity index (χ0n) is 13.4. The van der Waals surface area contributed by atoms with Gasteiger partial charge in [-0.05, 0) is 25.0 Å². The van der Waals surface area contributed by atoms with E-state index in [4.69, 9.17) is 0 Å². The van der Waals surface area contributed by atoms with Crippen LogP contribution in [0.1, 0.15) is 38.1 Å². The van der Waals surface area contributed by atoms with Gasteiger partial charge in [-0.1, -0.05) is 13.8 Å². The number of aliphatic hydroxyl groups is 1. The maximum atomic E-state index is 13.0. The van der Waals surface area contributed by atoms with Gasteiger partial charge in [-0.25, -0.2) is 4.39 Å². The smallest absolute Gasteiger partial charge is 0.141 e. The minimum Gasteiger partial charge on any atom is -0.384 e. The molecule has 120 valence electrons. The van der Waals surface area contributed by atoms with E-state index in [1.165, 1.54) is 12.3 Å². The van der Waals surface area contributed by atoms with Crippen molar-refractivity contribution in [2.24, 2.45) is 13.0 Å². The van der Waals surface area contributed by atoms with Gasteiger partial charge in [0.2, 0.25) is 0 Å². The van der Waals surface area contributed by atoms with Gasteiger partial charge in [0.05, 0.1) is 24.1 Å². The SMILES string of the molecule is CC(C)C(NCC(C)(O)c1cnn(C)c1)c1ccc(F)cn1. The summed E-state index contributed by atoms with van der Waals surface area (Å²) >= 11 is 0. The van der Waals surface area contributed by atoms with Gasteiger partial charge < -0.3 is 10.4 Å². The fourth-order valence-electron chi connectivity index (χ4n) is 2.36. The molecule has 0 spiro atoms. The molecule has 0 amide bonds. The highest BCUT2D eigenvalue weighted by molar-refractivity contribution is 5.16. The van der Waals surface area contributed by atoms with Crippen molar-refractivity contribution in [1.29, 1.82) is 0 Å². The third kappa shape index (κ3) is 3.90. The highest BCUT2D eigenvalue weighted by Crippen LogP contribution is 2.24. The van der Waals surface area contributed by atoms with E-state index in [1.807, 2.05) is 7.05 Å². The van der Waals surface area contributed by atoms with Crippen molar-refractivity contribution in [2.75, 3.05) is 6.54 Å². The quantitative estimate of drug-likeness (QED) is 0.858. The molecule has 2 unspecified atom stereocenters. The molecule has 0 aliphatic carbocycles. The second-order valence-electron chi connectivity index (χ2n) is 6.18. The minimum atomic E-state index is -1.04. The predicted octanol–water partition coefficient (Wildman–Crippen LogP) is 2.15. The van der Waals surface area contributed by atoms with E-state index < -0.39 is 5.60 Å². The van der Waals surface area contributed by atoms with Crippen LogP contribution in [0.5, 0.6) is 0 Å². The summed E-state index contributed by atoms with van der Waals surface area (Å²) in [5.41, 5.74) is 0.469. The lowest BCUT2D eigenvalue weighted by molar-refractivity contribution is 0.0516. The largest absolute Gasteiger partial charge is 0.384 e. The lowest BCUT2D eigenvalue weighted by atomic mass is 9.96. The topological polar surface area (TPSA) is 63.0 Å². The first kappa shape index (κ1) is 16.6. The molecule has 0 saturated carbocycles. The highest BCUT2D eigenvalue weighted by Gasteiger charge is 2.27. The monoisotopic (exact) mass is 306 g/mol. The Morgan fingerprint density at radius 3 is 2.59 bits per heavy atom. The van der Waals surface area contributed by atoms with Gasteiger partial charge in [-0.15, -0.1) is 0 Å². The second-order valence-corrected chi connectivity index (χ2v) is 6.18. The van der Waals surface area contributed by atoms with Crippen LogP contribution in [0.3, 0.4) is 0 Å². The average molecular weight is 306 g/mol. The molecule has 2 aromatic heterocycles. The molecule has 2 atom stereocenters. The highest BCUT2D eigenvalue weighted by atomic mass is 19.1. The maximum absolute atomic E-state index is 13.0. The third-order valence-corrected chi connectivity index (χ3v) is 3.73. The molecule has 0 aromatic carbocycles. The molecular formula is C16H23FN4O. The average Bonchev–Trinajstić information content (AvgIpc) is 2.88. The number of halogens is 1. The van der Waals surface area contributed by atoms with E-state index in [9.17, 15) is 9.50 Å². The van der Waals surface area contributed by atoms with Gasteiger partial charge in [-0.2, -0.15) is 5.10 Å². The molecule has 0 radical (unpaired) electrons. The zero-order valence-corrected chi connectivity index (χ0v) is 13.4. The van der Waals surface area contributed by atoms with Crippen LogP contribution in [0.15, 0.2) is 30.7 Å². The van der Waals surface area contributed by atoms with E-state index in [2.05, 4.69) is 29.2 Å². The molecule has 6 heteroatoms. The second kappa shape index (κ2) is 6.54. The predicted molar refractivity (Wildman–Crippen MR) is 82.6 cm³/mol. The Morgan fingerprint density at radius 1 is 1.36 bits per heavy atom. The Morgan fingerprint density at radius 2 is 2.09 bits per heavy atom. The molecule has 0 aliphatic heterocycles. The first-order chi connectivity index (χ1) is 10.3. The molecule has 0 aliphatic rings. The lowest BCUT2D eigenvalue weighted by Gasteiger charge is -2.28. The summed E-state index contributed by atoms with van der Waals surface area (Å²) in [6, 6.07) is 3.01. The Kier molecular flexibility index (Phi) is 4.93. The number of pyridine rings is 1. The van der Waals surface area contributed by atoms with Gasteiger partial charge >= 0.3 is 0 Å². The van der Waals surface area contributed by atoms with Crippen LogP contribution in [0.4, 0.5) is 4.39 Å². The standard InChI is InChI=1S/C16H23FN4O/c1-11(2)15(14-6-5-13(17)8-18-14)19-10-16(3,22)12-7-20-21(4)9-12/h5-9,11,15,19,22H,10H2,1-4H3. The van der Waals surface area contributed by atoms with Gasteiger partial charge in [0.25, 0.3) is 0 Å². The fourth-order valence-corrected chi connectivity index (χ4v) is 2.36. The first-order valence-corrected chi connectivity index (χ1v) is 7.36. The third-order valence-electron chi connectivity index (χ3n) is 3.73. The summed E-state index contributed by atoms with van der Waals surface area (Å²) in [6.07, 6.45) is 4.66. The number of aromatic nitrogens is 3. The van der Waals surface area contributed by atoms with Crippen LogP contribution < -0.4 is 5.32 Å². The molecule has 0 fully saturated rings. The first-order valence-electron chi connectivity index (χ1n) is 7.36. The number of nitrogens with one attached hydrogen (secondary N) is 1. The maximum Gasteiger partial charge on any atom is 0.141 e. The van der Waals surface area contributed by atoms with Crippen molar-refractivity contribution in [2.45, 2.75) is 32.4 Å². The summed E-state index contributed by atoms with van der Waals surface area (Å²) in [7, 11) is 1.81. The zero-order chi connectivity index (χ0) is 16.3. The van der Waals surface area contributed by atoms with Crippen LogP contribution in [-0.4, -0.2) is 26.4 Å². The minimum absolute atomic E-state index is 0.0660. The van der Waals surface area contributed by atoms with Crippen molar-refractivity contribution in [3.05, 3.63) is 47.8 Å². The number of aryl methyl sites for hydroxylation is 1. The van der Waals surface area contributed by atoms with Crippen molar-refractivity contribution in [3.63, 3.8) is 0 Å². The van der Waals surface area contributed by atoms with E-state index >= 15 is 0 Å². The van der Waals surface area contributed by atoms with Crippen molar-refractivity contribution in [1.82, 2.24) is 20.1 Å². The van der Waals surface area contributed by atoms with Crippen molar-refractivity contribution < 1.29 is 9.50 Å². The molecule has 2 heterocycles. The number of hydrogen-bond acceptors (Lipinski definition) is 4.